The average Bonchev–Trinajstić information content (AvgIpc) is 3.06. The standard InChI is InChI=1S/C24H8BF12.C11H24NO/c26-13-1-9(2-14(27)21(13)34)25(10-3-15(28)22(35)16(29)4-10,11-5-17(30)23(36)18(31)6-11)12-7-19(32)24(37)20(33)8-12;1-3-4-5-6-7-12(2)8-10-13-11-9-12/h1-8H;3-11H2,1-2H3/q-1;+1. The fourth-order valence-corrected chi connectivity index (χ4v) is 6.38. The molecule has 2 nitrogen and oxygen atoms in total. The molecule has 0 amide bonds. The third-order valence-electron chi connectivity index (χ3n) is 9.13. The van der Waals surface area contributed by atoms with Gasteiger partial charge in [-0.25, -0.2) is 52.7 Å². The Morgan fingerprint density at radius 2 is 0.760 bits per heavy atom. The molecule has 0 saturated carbocycles. The molecule has 15 heteroatoms. The first-order valence-corrected chi connectivity index (χ1v) is 15.7. The van der Waals surface area contributed by atoms with Crippen LogP contribution in [0.5, 0.6) is 0 Å². The van der Waals surface area contributed by atoms with Crippen molar-refractivity contribution in [2.24, 2.45) is 0 Å². The molecule has 1 aliphatic rings. The average molecular weight is 721 g/mol. The van der Waals surface area contributed by atoms with Gasteiger partial charge in [0.1, 0.15) is 19.2 Å². The molecule has 4 aromatic rings. The third kappa shape index (κ3) is 7.99. The van der Waals surface area contributed by atoms with Gasteiger partial charge in [-0.05, 0) is 12.8 Å². The van der Waals surface area contributed by atoms with Gasteiger partial charge < -0.3 is 9.22 Å². The molecular formula is C35H32BF12NO. The summed E-state index contributed by atoms with van der Waals surface area (Å²) in [6.45, 7) is 7.97. The Labute approximate surface area is 280 Å². The molecule has 0 atom stereocenters. The second kappa shape index (κ2) is 15.9. The number of morpholine rings is 1. The summed E-state index contributed by atoms with van der Waals surface area (Å²) in [5.41, 5.74) is -3.79. The highest BCUT2D eigenvalue weighted by Gasteiger charge is 2.37. The van der Waals surface area contributed by atoms with E-state index in [1.54, 1.807) is 0 Å². The Bertz CT molecular complexity index is 1520. The zero-order valence-corrected chi connectivity index (χ0v) is 27.0. The van der Waals surface area contributed by atoms with Crippen LogP contribution in [0.15, 0.2) is 48.5 Å². The lowest BCUT2D eigenvalue weighted by Gasteiger charge is -2.44. The lowest BCUT2D eigenvalue weighted by Crippen LogP contribution is -2.75. The smallest absolute Gasteiger partial charge is 0.194 e. The van der Waals surface area contributed by atoms with E-state index in [9.17, 15) is 52.7 Å². The number of ether oxygens (including phenoxy) is 1. The summed E-state index contributed by atoms with van der Waals surface area (Å²) in [6, 6.07) is 1.41. The van der Waals surface area contributed by atoms with Crippen LogP contribution in [-0.2, 0) is 4.74 Å². The van der Waals surface area contributed by atoms with Crippen molar-refractivity contribution in [3.63, 3.8) is 0 Å². The van der Waals surface area contributed by atoms with Crippen LogP contribution in [0.25, 0.3) is 0 Å². The summed E-state index contributed by atoms with van der Waals surface area (Å²) in [5, 5.41) is 0. The van der Waals surface area contributed by atoms with Crippen LogP contribution in [0, 0.1) is 69.8 Å². The van der Waals surface area contributed by atoms with Crippen molar-refractivity contribution in [2.45, 2.75) is 32.6 Å². The fraction of sp³-hybridized carbons (Fsp3) is 0.314. The van der Waals surface area contributed by atoms with E-state index in [4.69, 9.17) is 4.74 Å². The number of hydrogen-bond acceptors (Lipinski definition) is 1. The first-order chi connectivity index (χ1) is 23.5. The Kier molecular flexibility index (Phi) is 12.4. The van der Waals surface area contributed by atoms with Gasteiger partial charge in [0.15, 0.2) is 69.8 Å². The molecule has 5 rings (SSSR count). The summed E-state index contributed by atoms with van der Waals surface area (Å²) in [6.07, 6.45) is 1.53. The molecule has 0 bridgehead atoms. The molecule has 0 unspecified atom stereocenters. The number of halogens is 12. The van der Waals surface area contributed by atoms with E-state index in [0.29, 0.717) is 0 Å². The van der Waals surface area contributed by atoms with Gasteiger partial charge in [0.25, 0.3) is 0 Å². The molecule has 0 spiro atoms. The maximum atomic E-state index is 14.4. The Hall–Kier alpha value is -3.98. The van der Waals surface area contributed by atoms with Crippen molar-refractivity contribution in [1.82, 2.24) is 0 Å². The van der Waals surface area contributed by atoms with Crippen molar-refractivity contribution < 1.29 is 61.9 Å². The maximum absolute atomic E-state index is 14.4. The second-order valence-corrected chi connectivity index (χ2v) is 12.5. The minimum Gasteiger partial charge on any atom is -0.370 e. The van der Waals surface area contributed by atoms with E-state index in [0.717, 1.165) is 13.2 Å². The monoisotopic (exact) mass is 721 g/mol. The largest absolute Gasteiger partial charge is 0.370 e. The molecule has 0 radical (unpaired) electrons. The molecule has 1 heterocycles. The Morgan fingerprint density at radius 3 is 1.02 bits per heavy atom. The second-order valence-electron chi connectivity index (χ2n) is 12.5. The SMILES string of the molecule is CCCCCC[N+]1(C)CCOCC1.Fc1cc([B-](c2cc(F)c(F)c(F)c2)(c2cc(F)c(F)c(F)c2)c2cc(F)c(F)c(F)c2)cc(F)c1F. The van der Waals surface area contributed by atoms with Crippen molar-refractivity contribution in [3.8, 4) is 0 Å². The van der Waals surface area contributed by atoms with Crippen molar-refractivity contribution in [1.29, 1.82) is 0 Å². The predicted molar refractivity (Wildman–Crippen MR) is 165 cm³/mol. The minimum absolute atomic E-state index is 0.177. The lowest BCUT2D eigenvalue weighted by molar-refractivity contribution is -0.917. The van der Waals surface area contributed by atoms with Crippen molar-refractivity contribution >= 4 is 28.0 Å². The quantitative estimate of drug-likeness (QED) is 0.0610. The summed E-state index contributed by atoms with van der Waals surface area (Å²) >= 11 is 0. The molecule has 4 aromatic carbocycles. The summed E-state index contributed by atoms with van der Waals surface area (Å²) in [7, 11) is 2.37. The molecule has 50 heavy (non-hydrogen) atoms. The van der Waals surface area contributed by atoms with Crippen LogP contribution in [0.1, 0.15) is 32.6 Å². The van der Waals surface area contributed by atoms with Gasteiger partial charge in [-0.1, -0.05) is 68.3 Å². The Morgan fingerprint density at radius 1 is 0.480 bits per heavy atom. The zero-order valence-electron chi connectivity index (χ0n) is 27.0. The highest BCUT2D eigenvalue weighted by atomic mass is 19.2. The van der Waals surface area contributed by atoms with Crippen LogP contribution >= 0.6 is 0 Å². The minimum atomic E-state index is -4.01. The first kappa shape index (κ1) is 38.8. The summed E-state index contributed by atoms with van der Waals surface area (Å²) < 4.78 is 177. The molecule has 1 saturated heterocycles. The van der Waals surface area contributed by atoms with Gasteiger partial charge in [0.05, 0.1) is 26.8 Å². The Balaban J connectivity index is 0.000000363. The van der Waals surface area contributed by atoms with Gasteiger partial charge >= 0.3 is 0 Å². The van der Waals surface area contributed by atoms with Gasteiger partial charge in [-0.2, -0.15) is 21.9 Å². The third-order valence-corrected chi connectivity index (χ3v) is 9.13. The maximum Gasteiger partial charge on any atom is 0.194 e. The molecule has 1 fully saturated rings. The number of quaternary nitrogens is 1. The first-order valence-electron chi connectivity index (χ1n) is 15.7. The fourth-order valence-electron chi connectivity index (χ4n) is 6.38. The van der Waals surface area contributed by atoms with E-state index in [-0.39, 0.29) is 48.5 Å². The molecule has 0 aromatic heterocycles. The van der Waals surface area contributed by atoms with Crippen molar-refractivity contribution in [3.05, 3.63) is 118 Å². The van der Waals surface area contributed by atoms with E-state index in [2.05, 4.69) is 14.0 Å². The molecule has 0 aliphatic carbocycles. The summed E-state index contributed by atoms with van der Waals surface area (Å²) in [5.74, 6) is -24.0. The van der Waals surface area contributed by atoms with Crippen LogP contribution in [0.3, 0.4) is 0 Å². The van der Waals surface area contributed by atoms with Crippen molar-refractivity contribution in [2.75, 3.05) is 39.9 Å². The number of benzene rings is 4. The van der Waals surface area contributed by atoms with Gasteiger partial charge in [0, 0.05) is 0 Å². The molecule has 270 valence electrons. The summed E-state index contributed by atoms with van der Waals surface area (Å²) in [4.78, 5) is 0. The number of hydrogen-bond donors (Lipinski definition) is 0. The van der Waals surface area contributed by atoms with Crippen LogP contribution in [0.4, 0.5) is 52.7 Å². The van der Waals surface area contributed by atoms with E-state index < -0.39 is 97.8 Å². The van der Waals surface area contributed by atoms with Gasteiger partial charge in [-0.3, -0.25) is 0 Å². The number of unbranched alkanes of at least 4 members (excludes halogenated alkanes) is 3. The topological polar surface area (TPSA) is 9.23 Å². The highest BCUT2D eigenvalue weighted by Crippen LogP contribution is 2.21. The number of likely N-dealkylation sites (N-methyl/N-ethyl adjacent to an activating group) is 1. The van der Waals surface area contributed by atoms with E-state index >= 15 is 0 Å². The molecule has 0 N–H and O–H groups in total. The number of nitrogens with zero attached hydrogens (tertiary/aromatic N) is 1. The van der Waals surface area contributed by atoms with Crippen LogP contribution in [-0.4, -0.2) is 50.5 Å². The zero-order chi connectivity index (χ0) is 37.0. The van der Waals surface area contributed by atoms with E-state index in [1.165, 1.54) is 49.8 Å². The van der Waals surface area contributed by atoms with E-state index in [1.807, 2.05) is 0 Å². The van der Waals surface area contributed by atoms with Crippen LogP contribution < -0.4 is 21.9 Å². The van der Waals surface area contributed by atoms with Crippen LogP contribution in [0.2, 0.25) is 0 Å². The van der Waals surface area contributed by atoms with Gasteiger partial charge in [0.2, 0.25) is 0 Å². The predicted octanol–water partition coefficient (Wildman–Crippen LogP) is 6.78. The lowest BCUT2D eigenvalue weighted by atomic mass is 9.13. The molecular weight excluding hydrogens is 689 g/mol. The van der Waals surface area contributed by atoms with Gasteiger partial charge in [-0.15, -0.1) is 0 Å². The number of rotatable bonds is 9. The highest BCUT2D eigenvalue weighted by molar-refractivity contribution is 7.19. The molecule has 1 aliphatic heterocycles. The normalized spacial score (nSPS) is 14.4.